The van der Waals surface area contributed by atoms with Crippen LogP contribution in [-0.4, -0.2) is 41.6 Å². The Balaban J connectivity index is 2.28. The Hall–Kier alpha value is -1.13. The van der Waals surface area contributed by atoms with Crippen LogP contribution in [0.1, 0.15) is 19.3 Å². The number of alkyl halides is 1. The monoisotopic (exact) mass is 203 g/mol. The van der Waals surface area contributed by atoms with Gasteiger partial charge in [-0.1, -0.05) is 0 Å². The molecule has 0 unspecified atom stereocenters. The average molecular weight is 203 g/mol. The Morgan fingerprint density at radius 1 is 1.43 bits per heavy atom. The summed E-state index contributed by atoms with van der Waals surface area (Å²) in [6.45, 7) is 0.602. The molecule has 4 nitrogen and oxygen atoms in total. The van der Waals surface area contributed by atoms with Crippen molar-refractivity contribution < 1.29 is 19.1 Å². The maximum atomic E-state index is 12.2. The molecule has 1 amide bonds. The van der Waals surface area contributed by atoms with Crippen LogP contribution in [0, 0.1) is 5.92 Å². The lowest BCUT2D eigenvalue weighted by molar-refractivity contribution is -0.140. The number of carbonyl (C=O) groups excluding carboxylic acids is 1. The Morgan fingerprint density at radius 3 is 2.64 bits per heavy atom. The number of carboxylic acids is 1. The number of hydrogen-bond donors (Lipinski definition) is 1. The second-order valence-corrected chi connectivity index (χ2v) is 3.54. The van der Waals surface area contributed by atoms with Crippen molar-refractivity contribution in [1.29, 1.82) is 0 Å². The quantitative estimate of drug-likeness (QED) is 0.730. The summed E-state index contributed by atoms with van der Waals surface area (Å²) in [5, 5.41) is 8.37. The molecule has 1 saturated heterocycles. The van der Waals surface area contributed by atoms with Crippen molar-refractivity contribution in [2.45, 2.75) is 19.3 Å². The van der Waals surface area contributed by atoms with Crippen LogP contribution in [0.4, 0.5) is 4.39 Å². The van der Waals surface area contributed by atoms with Crippen LogP contribution in [0.15, 0.2) is 0 Å². The zero-order valence-corrected chi connectivity index (χ0v) is 7.91. The fraction of sp³-hybridized carbons (Fsp3) is 0.778. The lowest BCUT2D eigenvalue weighted by Crippen LogP contribution is -2.29. The molecule has 0 saturated carbocycles. The number of aliphatic carboxylic acids is 1. The van der Waals surface area contributed by atoms with E-state index in [1.165, 1.54) is 0 Å². The largest absolute Gasteiger partial charge is 0.481 e. The van der Waals surface area contributed by atoms with Crippen LogP contribution in [-0.2, 0) is 9.59 Å². The van der Waals surface area contributed by atoms with Crippen LogP contribution < -0.4 is 0 Å². The van der Waals surface area contributed by atoms with Gasteiger partial charge in [-0.05, 0) is 6.42 Å². The van der Waals surface area contributed by atoms with Gasteiger partial charge in [0.05, 0.1) is 13.1 Å². The molecule has 0 bridgehead atoms. The standard InChI is InChI=1S/C9H14FNO3/c10-5-7-3-4-11(6-7)8(12)1-2-9(13)14/h7H,1-6H2,(H,13,14)/t7-/m0/s1. The first-order chi connectivity index (χ1) is 6.63. The van der Waals surface area contributed by atoms with Crippen molar-refractivity contribution in [1.82, 2.24) is 4.90 Å². The first-order valence-electron chi connectivity index (χ1n) is 4.69. The minimum absolute atomic E-state index is 0.0222. The third-order valence-corrected chi connectivity index (χ3v) is 2.41. The molecular formula is C9H14FNO3. The second kappa shape index (κ2) is 4.93. The van der Waals surface area contributed by atoms with Crippen LogP contribution in [0.3, 0.4) is 0 Å². The van der Waals surface area contributed by atoms with Crippen molar-refractivity contribution >= 4 is 11.9 Å². The van der Waals surface area contributed by atoms with E-state index in [1.807, 2.05) is 0 Å². The summed E-state index contributed by atoms with van der Waals surface area (Å²) < 4.78 is 12.2. The topological polar surface area (TPSA) is 57.6 Å². The van der Waals surface area contributed by atoms with Gasteiger partial charge < -0.3 is 10.0 Å². The Kier molecular flexibility index (Phi) is 3.85. The molecule has 0 aromatic heterocycles. The molecule has 0 spiro atoms. The normalized spacial score (nSPS) is 21.2. The fourth-order valence-electron chi connectivity index (χ4n) is 1.56. The third-order valence-electron chi connectivity index (χ3n) is 2.41. The molecule has 0 radical (unpaired) electrons. The summed E-state index contributed by atoms with van der Waals surface area (Å²) in [5.41, 5.74) is 0. The number of hydrogen-bond acceptors (Lipinski definition) is 2. The van der Waals surface area contributed by atoms with Crippen molar-refractivity contribution in [3.05, 3.63) is 0 Å². The van der Waals surface area contributed by atoms with Crippen molar-refractivity contribution in [2.24, 2.45) is 5.92 Å². The Morgan fingerprint density at radius 2 is 2.14 bits per heavy atom. The third kappa shape index (κ3) is 2.97. The van der Waals surface area contributed by atoms with Gasteiger partial charge in [-0.25, -0.2) is 0 Å². The van der Waals surface area contributed by atoms with Crippen molar-refractivity contribution in [2.75, 3.05) is 19.8 Å². The van der Waals surface area contributed by atoms with Gasteiger partial charge in [-0.15, -0.1) is 0 Å². The maximum absolute atomic E-state index is 12.2. The molecule has 1 aliphatic heterocycles. The van der Waals surface area contributed by atoms with Gasteiger partial charge in [-0.3, -0.25) is 14.0 Å². The molecule has 1 aliphatic rings. The van der Waals surface area contributed by atoms with Crippen molar-refractivity contribution in [3.63, 3.8) is 0 Å². The highest BCUT2D eigenvalue weighted by Crippen LogP contribution is 2.17. The first kappa shape index (κ1) is 10.9. The van der Waals surface area contributed by atoms with Gasteiger partial charge in [0, 0.05) is 25.4 Å². The molecule has 14 heavy (non-hydrogen) atoms. The van der Waals surface area contributed by atoms with E-state index in [1.54, 1.807) is 4.90 Å². The van der Waals surface area contributed by atoms with E-state index in [4.69, 9.17) is 5.11 Å². The molecular weight excluding hydrogens is 189 g/mol. The number of carbonyl (C=O) groups is 2. The summed E-state index contributed by atoms with van der Waals surface area (Å²) in [6, 6.07) is 0. The summed E-state index contributed by atoms with van der Waals surface area (Å²) in [5.74, 6) is -1.20. The van der Waals surface area contributed by atoms with E-state index < -0.39 is 12.6 Å². The van der Waals surface area contributed by atoms with Gasteiger partial charge in [0.25, 0.3) is 0 Å². The molecule has 1 heterocycles. The highest BCUT2D eigenvalue weighted by molar-refractivity contribution is 5.80. The van der Waals surface area contributed by atoms with Gasteiger partial charge in [0.2, 0.25) is 5.91 Å². The van der Waals surface area contributed by atoms with Gasteiger partial charge in [-0.2, -0.15) is 0 Å². The molecule has 1 N–H and O–H groups in total. The molecule has 0 aliphatic carbocycles. The van der Waals surface area contributed by atoms with E-state index in [0.29, 0.717) is 19.5 Å². The zero-order chi connectivity index (χ0) is 10.6. The lowest BCUT2D eigenvalue weighted by Gasteiger charge is -2.14. The number of halogens is 1. The molecule has 0 aromatic rings. The van der Waals surface area contributed by atoms with Gasteiger partial charge >= 0.3 is 5.97 Å². The maximum Gasteiger partial charge on any atom is 0.303 e. The number of amides is 1. The summed E-state index contributed by atoms with van der Waals surface area (Å²) in [7, 11) is 0. The SMILES string of the molecule is O=C(O)CCC(=O)N1CC[C@@H](CF)C1. The zero-order valence-electron chi connectivity index (χ0n) is 7.91. The van der Waals surface area contributed by atoms with Crippen molar-refractivity contribution in [3.8, 4) is 0 Å². The average Bonchev–Trinajstić information content (AvgIpc) is 2.62. The smallest absolute Gasteiger partial charge is 0.303 e. The minimum atomic E-state index is -0.973. The summed E-state index contributed by atoms with van der Waals surface area (Å²) in [4.78, 5) is 23.1. The molecule has 1 atom stereocenters. The van der Waals surface area contributed by atoms with E-state index in [-0.39, 0.29) is 24.7 Å². The second-order valence-electron chi connectivity index (χ2n) is 3.54. The van der Waals surface area contributed by atoms with Gasteiger partial charge in [0.1, 0.15) is 0 Å². The molecule has 1 fully saturated rings. The van der Waals surface area contributed by atoms with Gasteiger partial charge in [0.15, 0.2) is 0 Å². The van der Waals surface area contributed by atoms with Crippen LogP contribution in [0.5, 0.6) is 0 Å². The van der Waals surface area contributed by atoms with E-state index >= 15 is 0 Å². The number of nitrogens with zero attached hydrogens (tertiary/aromatic N) is 1. The Labute approximate surface area is 81.7 Å². The van der Waals surface area contributed by atoms with E-state index in [2.05, 4.69) is 0 Å². The van der Waals surface area contributed by atoms with Crippen LogP contribution >= 0.6 is 0 Å². The lowest BCUT2D eigenvalue weighted by atomic mass is 10.1. The van der Waals surface area contributed by atoms with E-state index in [0.717, 1.165) is 0 Å². The molecule has 80 valence electrons. The predicted octanol–water partition coefficient (Wildman–Crippen LogP) is 0.669. The first-order valence-corrected chi connectivity index (χ1v) is 4.69. The van der Waals surface area contributed by atoms with E-state index in [9.17, 15) is 14.0 Å². The number of likely N-dealkylation sites (tertiary alicyclic amines) is 1. The summed E-state index contributed by atoms with van der Waals surface area (Å²) in [6.07, 6.45) is 0.569. The summed E-state index contributed by atoms with van der Waals surface area (Å²) >= 11 is 0. The molecule has 0 aromatic carbocycles. The van der Waals surface area contributed by atoms with Crippen LogP contribution in [0.25, 0.3) is 0 Å². The highest BCUT2D eigenvalue weighted by atomic mass is 19.1. The number of carboxylic acid groups (broad SMARTS) is 1. The van der Waals surface area contributed by atoms with Crippen LogP contribution in [0.2, 0.25) is 0 Å². The molecule has 5 heteroatoms. The molecule has 1 rings (SSSR count). The predicted molar refractivity (Wildman–Crippen MR) is 47.5 cm³/mol. The Bertz CT molecular complexity index is 232. The minimum Gasteiger partial charge on any atom is -0.481 e. The highest BCUT2D eigenvalue weighted by Gasteiger charge is 2.25. The fourth-order valence-corrected chi connectivity index (χ4v) is 1.56. The number of rotatable bonds is 4.